The van der Waals surface area contributed by atoms with Gasteiger partial charge in [0.15, 0.2) is 0 Å². The zero-order valence-corrected chi connectivity index (χ0v) is 12.8. The molecule has 2 aromatic rings. The molecule has 0 aliphatic rings. The van der Waals surface area contributed by atoms with Gasteiger partial charge in [-0.3, -0.25) is 4.79 Å². The molecule has 2 rings (SSSR count). The minimum atomic E-state index is -0.440. The highest BCUT2D eigenvalue weighted by atomic mass is 79.9. The normalized spacial score (nSPS) is 10.3. The lowest BCUT2D eigenvalue weighted by molar-refractivity contribution is 0.0949. The number of nitrogens with one attached hydrogen (secondary N) is 1. The van der Waals surface area contributed by atoms with Crippen LogP contribution in [0.15, 0.2) is 46.9 Å². The summed E-state index contributed by atoms with van der Waals surface area (Å²) in [4.78, 5) is 12.0. The number of alkyl halides is 1. The second kappa shape index (κ2) is 6.86. The average molecular weight is 357 g/mol. The summed E-state index contributed by atoms with van der Waals surface area (Å²) in [6.07, 6.45) is 0. The number of carbonyl (C=O) groups is 1. The zero-order chi connectivity index (χ0) is 14.5. The summed E-state index contributed by atoms with van der Waals surface area (Å²) in [6, 6.07) is 11.6. The number of halogens is 3. The standard InChI is InChI=1S/C15H12BrClFNO/c16-14-6-5-12(18)7-13(14)15(20)19-9-11-3-1-10(8-17)2-4-11/h1-7H,8-9H2,(H,19,20). The lowest BCUT2D eigenvalue weighted by Crippen LogP contribution is -2.23. The molecule has 1 N–H and O–H groups in total. The van der Waals surface area contributed by atoms with Crippen molar-refractivity contribution in [1.82, 2.24) is 5.32 Å². The van der Waals surface area contributed by atoms with Crippen LogP contribution in [0.5, 0.6) is 0 Å². The van der Waals surface area contributed by atoms with Gasteiger partial charge in [-0.1, -0.05) is 24.3 Å². The van der Waals surface area contributed by atoms with Crippen LogP contribution in [0.4, 0.5) is 4.39 Å². The van der Waals surface area contributed by atoms with Crippen LogP contribution in [0.25, 0.3) is 0 Å². The first-order valence-electron chi connectivity index (χ1n) is 5.97. The Balaban J connectivity index is 2.02. The van der Waals surface area contributed by atoms with Crippen molar-refractivity contribution in [2.75, 3.05) is 0 Å². The number of hydrogen-bond donors (Lipinski definition) is 1. The molecule has 0 spiro atoms. The maximum absolute atomic E-state index is 13.1. The fraction of sp³-hybridized carbons (Fsp3) is 0.133. The minimum Gasteiger partial charge on any atom is -0.348 e. The molecule has 1 amide bonds. The number of carbonyl (C=O) groups excluding carboxylic acids is 1. The summed E-state index contributed by atoms with van der Waals surface area (Å²) in [7, 11) is 0. The fourth-order valence-electron chi connectivity index (χ4n) is 1.70. The molecule has 0 atom stereocenters. The first-order valence-corrected chi connectivity index (χ1v) is 7.30. The summed E-state index contributed by atoms with van der Waals surface area (Å²) in [5.74, 6) is -0.300. The second-order valence-corrected chi connectivity index (χ2v) is 5.38. The Kier molecular flexibility index (Phi) is 5.15. The average Bonchev–Trinajstić information content (AvgIpc) is 2.47. The highest BCUT2D eigenvalue weighted by Gasteiger charge is 2.10. The third kappa shape index (κ3) is 3.81. The molecular formula is C15H12BrClFNO. The van der Waals surface area contributed by atoms with E-state index in [-0.39, 0.29) is 11.5 Å². The maximum Gasteiger partial charge on any atom is 0.252 e. The maximum atomic E-state index is 13.1. The van der Waals surface area contributed by atoms with Crippen molar-refractivity contribution in [2.45, 2.75) is 12.4 Å². The fourth-order valence-corrected chi connectivity index (χ4v) is 2.30. The Morgan fingerprint density at radius 3 is 2.45 bits per heavy atom. The predicted octanol–water partition coefficient (Wildman–Crippen LogP) is 4.26. The van der Waals surface area contributed by atoms with Crippen molar-refractivity contribution in [1.29, 1.82) is 0 Å². The molecule has 0 aliphatic carbocycles. The van der Waals surface area contributed by atoms with Crippen molar-refractivity contribution >= 4 is 33.4 Å². The predicted molar refractivity (Wildman–Crippen MR) is 81.3 cm³/mol. The largest absolute Gasteiger partial charge is 0.348 e. The molecule has 2 aromatic carbocycles. The van der Waals surface area contributed by atoms with Crippen LogP contribution >= 0.6 is 27.5 Å². The van der Waals surface area contributed by atoms with Crippen molar-refractivity contribution < 1.29 is 9.18 Å². The summed E-state index contributed by atoms with van der Waals surface area (Å²) in [5, 5.41) is 2.75. The summed E-state index contributed by atoms with van der Waals surface area (Å²) in [6.45, 7) is 0.379. The number of benzene rings is 2. The van der Waals surface area contributed by atoms with E-state index in [0.29, 0.717) is 16.9 Å². The molecule has 0 saturated carbocycles. The molecule has 0 bridgehead atoms. The molecule has 0 radical (unpaired) electrons. The quantitative estimate of drug-likeness (QED) is 0.815. The molecule has 0 unspecified atom stereocenters. The van der Waals surface area contributed by atoms with Crippen molar-refractivity contribution in [3.05, 3.63) is 69.4 Å². The second-order valence-electron chi connectivity index (χ2n) is 4.26. The molecule has 2 nitrogen and oxygen atoms in total. The van der Waals surface area contributed by atoms with Gasteiger partial charge >= 0.3 is 0 Å². The number of amides is 1. The first-order chi connectivity index (χ1) is 9.60. The van der Waals surface area contributed by atoms with Gasteiger partial charge in [0.1, 0.15) is 5.82 Å². The van der Waals surface area contributed by atoms with Crippen molar-refractivity contribution in [3.63, 3.8) is 0 Å². The van der Waals surface area contributed by atoms with Crippen molar-refractivity contribution in [3.8, 4) is 0 Å². The van der Waals surface area contributed by atoms with Gasteiger partial charge in [0.2, 0.25) is 0 Å². The molecule has 0 aromatic heterocycles. The summed E-state index contributed by atoms with van der Waals surface area (Å²) >= 11 is 8.94. The first kappa shape index (κ1) is 15.0. The zero-order valence-electron chi connectivity index (χ0n) is 10.5. The van der Waals surface area contributed by atoms with Gasteiger partial charge in [-0.05, 0) is 45.3 Å². The van der Waals surface area contributed by atoms with Crippen LogP contribution in [-0.2, 0) is 12.4 Å². The number of hydrogen-bond acceptors (Lipinski definition) is 1. The van der Waals surface area contributed by atoms with Gasteiger partial charge in [-0.25, -0.2) is 4.39 Å². The van der Waals surface area contributed by atoms with Crippen molar-refractivity contribution in [2.24, 2.45) is 0 Å². The molecular weight excluding hydrogens is 345 g/mol. The third-order valence-electron chi connectivity index (χ3n) is 2.80. The van der Waals surface area contributed by atoms with Gasteiger partial charge in [-0.2, -0.15) is 0 Å². The number of rotatable bonds is 4. The Morgan fingerprint density at radius 1 is 1.15 bits per heavy atom. The Bertz CT molecular complexity index is 616. The van der Waals surface area contributed by atoms with E-state index in [9.17, 15) is 9.18 Å². The van der Waals surface area contributed by atoms with E-state index >= 15 is 0 Å². The highest BCUT2D eigenvalue weighted by Crippen LogP contribution is 2.17. The van der Waals surface area contributed by atoms with Gasteiger partial charge < -0.3 is 5.32 Å². The minimum absolute atomic E-state index is 0.280. The van der Waals surface area contributed by atoms with Crippen LogP contribution in [0.1, 0.15) is 21.5 Å². The molecule has 104 valence electrons. The molecule has 5 heteroatoms. The molecule has 0 aliphatic heterocycles. The molecule has 0 fully saturated rings. The van der Waals surface area contributed by atoms with Crippen LogP contribution < -0.4 is 5.32 Å². The SMILES string of the molecule is O=C(NCc1ccc(CCl)cc1)c1cc(F)ccc1Br. The monoisotopic (exact) mass is 355 g/mol. The Labute approximate surface area is 130 Å². The van der Waals surface area contributed by atoms with E-state index in [4.69, 9.17) is 11.6 Å². The van der Waals surface area contributed by atoms with Gasteiger partial charge in [0.25, 0.3) is 5.91 Å². The van der Waals surface area contributed by atoms with Crippen LogP contribution in [0.2, 0.25) is 0 Å². The molecule has 0 heterocycles. The van der Waals surface area contributed by atoms with E-state index in [0.717, 1.165) is 11.1 Å². The van der Waals surface area contributed by atoms with E-state index < -0.39 is 5.82 Å². The topological polar surface area (TPSA) is 29.1 Å². The van der Waals surface area contributed by atoms with E-state index in [1.165, 1.54) is 18.2 Å². The lowest BCUT2D eigenvalue weighted by atomic mass is 10.1. The van der Waals surface area contributed by atoms with E-state index in [1.807, 2.05) is 24.3 Å². The Morgan fingerprint density at radius 2 is 1.80 bits per heavy atom. The van der Waals surface area contributed by atoms with Gasteiger partial charge in [0.05, 0.1) is 5.56 Å². The lowest BCUT2D eigenvalue weighted by Gasteiger charge is -2.07. The smallest absolute Gasteiger partial charge is 0.252 e. The van der Waals surface area contributed by atoms with Crippen LogP contribution in [0.3, 0.4) is 0 Å². The summed E-state index contributed by atoms with van der Waals surface area (Å²) in [5.41, 5.74) is 2.26. The van der Waals surface area contributed by atoms with Gasteiger partial charge in [-0.15, -0.1) is 11.6 Å². The van der Waals surface area contributed by atoms with E-state index in [2.05, 4.69) is 21.2 Å². The third-order valence-corrected chi connectivity index (χ3v) is 3.80. The molecule has 20 heavy (non-hydrogen) atoms. The Hall–Kier alpha value is -1.39. The summed E-state index contributed by atoms with van der Waals surface area (Å²) < 4.78 is 13.7. The van der Waals surface area contributed by atoms with Gasteiger partial charge in [0, 0.05) is 16.9 Å². The van der Waals surface area contributed by atoms with E-state index in [1.54, 1.807) is 0 Å². The molecule has 0 saturated heterocycles. The van der Waals surface area contributed by atoms with Crippen LogP contribution in [0, 0.1) is 5.82 Å². The van der Waals surface area contributed by atoms with Crippen LogP contribution in [-0.4, -0.2) is 5.91 Å². The highest BCUT2D eigenvalue weighted by molar-refractivity contribution is 9.10.